The molecule has 3 rings (SSSR count). The lowest BCUT2D eigenvalue weighted by molar-refractivity contribution is -0.0114. The van der Waals surface area contributed by atoms with Gasteiger partial charge < -0.3 is 10.1 Å². The summed E-state index contributed by atoms with van der Waals surface area (Å²) in [6.07, 6.45) is 2.08. The van der Waals surface area contributed by atoms with Crippen molar-refractivity contribution < 1.29 is 13.2 Å². The number of benzene rings is 1. The minimum Gasteiger partial charge on any atom is -0.388 e. The van der Waals surface area contributed by atoms with E-state index in [2.05, 4.69) is 5.32 Å². The second-order valence-corrected chi connectivity index (χ2v) is 6.99. The molecule has 0 radical (unpaired) electrons. The summed E-state index contributed by atoms with van der Waals surface area (Å²) in [4.78, 5) is 0.354. The summed E-state index contributed by atoms with van der Waals surface area (Å²) in [5, 5.41) is 2.98. The van der Waals surface area contributed by atoms with Crippen LogP contribution in [0.4, 0.5) is 5.69 Å². The van der Waals surface area contributed by atoms with Crippen molar-refractivity contribution in [2.75, 3.05) is 25.5 Å². The highest BCUT2D eigenvalue weighted by Crippen LogP contribution is 2.30. The molecule has 1 aromatic carbocycles. The molecule has 0 amide bonds. The molecular weight excluding hydrogens is 264 g/mol. The van der Waals surface area contributed by atoms with Crippen LogP contribution in [0.25, 0.3) is 0 Å². The standard InChI is InChI=1S/C13H18N2O3S/c1-14-10-2-6-13(7-3-10)19(16,17)15-8-11-4-5-12(9-15)18-11/h2-3,6-7,11-12,14H,4-5,8-9H2,1H3. The highest BCUT2D eigenvalue weighted by molar-refractivity contribution is 7.89. The molecule has 19 heavy (non-hydrogen) atoms. The van der Waals surface area contributed by atoms with E-state index in [0.29, 0.717) is 18.0 Å². The molecule has 2 aliphatic heterocycles. The molecule has 2 heterocycles. The molecule has 2 unspecified atom stereocenters. The number of hydrogen-bond donors (Lipinski definition) is 1. The smallest absolute Gasteiger partial charge is 0.243 e. The van der Waals surface area contributed by atoms with Crippen LogP contribution in [0.5, 0.6) is 0 Å². The van der Waals surface area contributed by atoms with Crippen molar-refractivity contribution >= 4 is 15.7 Å². The first-order valence-electron chi connectivity index (χ1n) is 6.53. The molecule has 1 N–H and O–H groups in total. The molecule has 2 fully saturated rings. The van der Waals surface area contributed by atoms with Gasteiger partial charge in [-0.05, 0) is 37.1 Å². The molecule has 0 aromatic heterocycles. The Balaban J connectivity index is 1.85. The summed E-state index contributed by atoms with van der Waals surface area (Å²) in [6, 6.07) is 6.86. The molecule has 0 aliphatic carbocycles. The number of nitrogens with zero attached hydrogens (tertiary/aromatic N) is 1. The maximum absolute atomic E-state index is 12.6. The lowest BCUT2D eigenvalue weighted by atomic mass is 10.2. The first-order chi connectivity index (χ1) is 9.09. The van der Waals surface area contributed by atoms with E-state index in [0.717, 1.165) is 18.5 Å². The molecule has 5 nitrogen and oxygen atoms in total. The highest BCUT2D eigenvalue weighted by atomic mass is 32.2. The zero-order chi connectivity index (χ0) is 13.5. The van der Waals surface area contributed by atoms with Crippen molar-refractivity contribution in [3.8, 4) is 0 Å². The van der Waals surface area contributed by atoms with E-state index >= 15 is 0 Å². The number of fused-ring (bicyclic) bond motifs is 2. The SMILES string of the molecule is CNc1ccc(S(=O)(=O)N2CC3CCC(C2)O3)cc1. The van der Waals surface area contributed by atoms with Crippen LogP contribution in [0.1, 0.15) is 12.8 Å². The molecule has 1 aromatic rings. The number of ether oxygens (including phenoxy) is 1. The number of hydrogen-bond acceptors (Lipinski definition) is 4. The molecule has 2 aliphatic rings. The monoisotopic (exact) mass is 282 g/mol. The van der Waals surface area contributed by atoms with Gasteiger partial charge in [0.25, 0.3) is 0 Å². The maximum atomic E-state index is 12.6. The Morgan fingerprint density at radius 3 is 2.26 bits per heavy atom. The van der Waals surface area contributed by atoms with Gasteiger partial charge in [0.15, 0.2) is 0 Å². The molecule has 0 saturated carbocycles. The summed E-state index contributed by atoms with van der Waals surface area (Å²) in [5.41, 5.74) is 0.904. The highest BCUT2D eigenvalue weighted by Gasteiger charge is 2.39. The average Bonchev–Trinajstić information content (AvgIpc) is 2.77. The van der Waals surface area contributed by atoms with Crippen LogP contribution in [-0.4, -0.2) is 45.1 Å². The fraction of sp³-hybridized carbons (Fsp3) is 0.538. The molecule has 6 heteroatoms. The first-order valence-corrected chi connectivity index (χ1v) is 7.97. The minimum absolute atomic E-state index is 0.0742. The number of anilines is 1. The molecule has 0 spiro atoms. The lowest BCUT2D eigenvalue weighted by Crippen LogP contribution is -2.45. The van der Waals surface area contributed by atoms with Crippen molar-refractivity contribution in [2.45, 2.75) is 29.9 Å². The van der Waals surface area contributed by atoms with Crippen LogP contribution in [0.2, 0.25) is 0 Å². The predicted molar refractivity (Wildman–Crippen MR) is 72.6 cm³/mol. The van der Waals surface area contributed by atoms with Crippen LogP contribution in [0.3, 0.4) is 0 Å². The van der Waals surface area contributed by atoms with Gasteiger partial charge in [-0.3, -0.25) is 0 Å². The molecule has 2 saturated heterocycles. The van der Waals surface area contributed by atoms with E-state index in [1.165, 1.54) is 0 Å². The van der Waals surface area contributed by atoms with Gasteiger partial charge in [0.1, 0.15) is 0 Å². The number of sulfonamides is 1. The van der Waals surface area contributed by atoms with E-state index in [1.807, 2.05) is 7.05 Å². The zero-order valence-electron chi connectivity index (χ0n) is 10.9. The average molecular weight is 282 g/mol. The van der Waals surface area contributed by atoms with Crippen molar-refractivity contribution in [3.05, 3.63) is 24.3 Å². The van der Waals surface area contributed by atoms with Gasteiger partial charge in [-0.25, -0.2) is 8.42 Å². The third kappa shape index (κ3) is 2.35. The minimum atomic E-state index is -3.39. The first kappa shape index (κ1) is 12.9. The quantitative estimate of drug-likeness (QED) is 0.907. The Bertz CT molecular complexity index is 544. The summed E-state index contributed by atoms with van der Waals surface area (Å²) in [7, 11) is -1.58. The zero-order valence-corrected chi connectivity index (χ0v) is 11.7. The largest absolute Gasteiger partial charge is 0.388 e. The Kier molecular flexibility index (Phi) is 3.24. The van der Waals surface area contributed by atoms with Crippen LogP contribution in [0.15, 0.2) is 29.2 Å². The fourth-order valence-electron chi connectivity index (χ4n) is 2.72. The topological polar surface area (TPSA) is 58.6 Å². The van der Waals surface area contributed by atoms with E-state index in [4.69, 9.17) is 4.74 Å². The summed E-state index contributed by atoms with van der Waals surface area (Å²) < 4.78 is 32.4. The maximum Gasteiger partial charge on any atom is 0.243 e. The Morgan fingerprint density at radius 2 is 1.74 bits per heavy atom. The number of nitrogens with one attached hydrogen (secondary N) is 1. The van der Waals surface area contributed by atoms with Crippen LogP contribution in [-0.2, 0) is 14.8 Å². The van der Waals surface area contributed by atoms with E-state index < -0.39 is 10.0 Å². The molecule has 2 atom stereocenters. The molecular formula is C13H18N2O3S. The van der Waals surface area contributed by atoms with Crippen molar-refractivity contribution in [2.24, 2.45) is 0 Å². The van der Waals surface area contributed by atoms with Gasteiger partial charge in [-0.15, -0.1) is 0 Å². The second kappa shape index (κ2) is 4.77. The molecule has 2 bridgehead atoms. The van der Waals surface area contributed by atoms with Gasteiger partial charge in [0.2, 0.25) is 10.0 Å². The third-order valence-electron chi connectivity index (χ3n) is 3.79. The Hall–Kier alpha value is -1.11. The van der Waals surface area contributed by atoms with Gasteiger partial charge in [0.05, 0.1) is 17.1 Å². The lowest BCUT2D eigenvalue weighted by Gasteiger charge is -2.31. The van der Waals surface area contributed by atoms with E-state index in [1.54, 1.807) is 28.6 Å². The normalized spacial score (nSPS) is 27.4. The van der Waals surface area contributed by atoms with E-state index in [-0.39, 0.29) is 12.2 Å². The third-order valence-corrected chi connectivity index (χ3v) is 5.64. The summed E-state index contributed by atoms with van der Waals surface area (Å²) in [5.74, 6) is 0. The Labute approximate surface area is 113 Å². The van der Waals surface area contributed by atoms with Gasteiger partial charge in [-0.2, -0.15) is 4.31 Å². The van der Waals surface area contributed by atoms with Crippen LogP contribution >= 0.6 is 0 Å². The predicted octanol–water partition coefficient (Wildman–Crippen LogP) is 1.28. The van der Waals surface area contributed by atoms with Crippen molar-refractivity contribution in [3.63, 3.8) is 0 Å². The number of rotatable bonds is 3. The van der Waals surface area contributed by atoms with Gasteiger partial charge >= 0.3 is 0 Å². The van der Waals surface area contributed by atoms with Crippen LogP contribution < -0.4 is 5.32 Å². The number of morpholine rings is 1. The van der Waals surface area contributed by atoms with E-state index in [9.17, 15) is 8.42 Å². The second-order valence-electron chi connectivity index (χ2n) is 5.05. The van der Waals surface area contributed by atoms with Gasteiger partial charge in [-0.1, -0.05) is 0 Å². The Morgan fingerprint density at radius 1 is 1.16 bits per heavy atom. The van der Waals surface area contributed by atoms with Gasteiger partial charge in [0, 0.05) is 25.8 Å². The fourth-order valence-corrected chi connectivity index (χ4v) is 4.22. The van der Waals surface area contributed by atoms with Crippen molar-refractivity contribution in [1.82, 2.24) is 4.31 Å². The molecule has 104 valence electrons. The van der Waals surface area contributed by atoms with Crippen LogP contribution in [0, 0.1) is 0 Å². The summed E-state index contributed by atoms with van der Waals surface area (Å²) in [6.45, 7) is 0.958. The summed E-state index contributed by atoms with van der Waals surface area (Å²) >= 11 is 0. The van der Waals surface area contributed by atoms with Crippen molar-refractivity contribution in [1.29, 1.82) is 0 Å².